The smallest absolute Gasteiger partial charge is 0.0497 e. The van der Waals surface area contributed by atoms with Gasteiger partial charge in [-0.05, 0) is 42.2 Å². The van der Waals surface area contributed by atoms with Gasteiger partial charge in [0.2, 0.25) is 0 Å². The van der Waals surface area contributed by atoms with Crippen LogP contribution in [0.25, 0.3) is 22.2 Å². The van der Waals surface area contributed by atoms with Crippen molar-refractivity contribution in [3.8, 4) is 11.3 Å². The van der Waals surface area contributed by atoms with Crippen LogP contribution in [0.1, 0.15) is 12.0 Å². The zero-order valence-electron chi connectivity index (χ0n) is 11.1. The molecular formula is C17H16ClNO. The van der Waals surface area contributed by atoms with Crippen LogP contribution in [0, 0.1) is 0 Å². The van der Waals surface area contributed by atoms with Crippen molar-refractivity contribution in [2.45, 2.75) is 12.8 Å². The van der Waals surface area contributed by atoms with Crippen molar-refractivity contribution in [3.63, 3.8) is 0 Å². The molecule has 0 amide bonds. The van der Waals surface area contributed by atoms with Crippen LogP contribution in [0.15, 0.2) is 48.5 Å². The Morgan fingerprint density at radius 2 is 1.90 bits per heavy atom. The molecule has 20 heavy (non-hydrogen) atoms. The first-order chi connectivity index (χ1) is 9.79. The zero-order chi connectivity index (χ0) is 13.9. The molecule has 2 aromatic carbocycles. The summed E-state index contributed by atoms with van der Waals surface area (Å²) < 4.78 is 0. The van der Waals surface area contributed by atoms with E-state index in [1.165, 1.54) is 10.9 Å². The van der Waals surface area contributed by atoms with Crippen molar-refractivity contribution < 1.29 is 5.11 Å². The van der Waals surface area contributed by atoms with Gasteiger partial charge in [0.25, 0.3) is 0 Å². The minimum atomic E-state index is 0.203. The molecule has 0 radical (unpaired) electrons. The number of hydrogen-bond donors (Lipinski definition) is 2. The van der Waals surface area contributed by atoms with E-state index in [9.17, 15) is 0 Å². The summed E-state index contributed by atoms with van der Waals surface area (Å²) in [5, 5.41) is 11.1. The third-order valence-corrected chi connectivity index (χ3v) is 3.75. The molecule has 0 saturated carbocycles. The lowest BCUT2D eigenvalue weighted by Gasteiger charge is -2.05. The standard InChI is InChI=1S/C17H16ClNO/c18-13-6-3-5-12(11-13)17-15(8-4-10-20)14-7-1-2-9-16(14)19-17/h1-3,5-7,9,11,19-20H,4,8,10H2. The van der Waals surface area contributed by atoms with Crippen molar-refractivity contribution >= 4 is 22.5 Å². The van der Waals surface area contributed by atoms with Crippen molar-refractivity contribution in [1.29, 1.82) is 0 Å². The molecule has 0 atom stereocenters. The van der Waals surface area contributed by atoms with Crippen LogP contribution < -0.4 is 0 Å². The number of benzene rings is 2. The van der Waals surface area contributed by atoms with E-state index < -0.39 is 0 Å². The molecule has 0 aliphatic heterocycles. The highest BCUT2D eigenvalue weighted by molar-refractivity contribution is 6.30. The molecule has 0 aliphatic carbocycles. The maximum atomic E-state index is 9.11. The van der Waals surface area contributed by atoms with Gasteiger partial charge in [-0.15, -0.1) is 0 Å². The molecule has 0 saturated heterocycles. The van der Waals surface area contributed by atoms with Gasteiger partial charge in [0.05, 0.1) is 0 Å². The molecule has 0 spiro atoms. The number of aliphatic hydroxyl groups excluding tert-OH is 1. The maximum Gasteiger partial charge on any atom is 0.0497 e. The highest BCUT2D eigenvalue weighted by atomic mass is 35.5. The number of H-pyrrole nitrogens is 1. The van der Waals surface area contributed by atoms with Gasteiger partial charge in [-0.3, -0.25) is 0 Å². The Kier molecular flexibility index (Phi) is 3.77. The monoisotopic (exact) mass is 285 g/mol. The van der Waals surface area contributed by atoms with Crippen molar-refractivity contribution in [1.82, 2.24) is 4.98 Å². The van der Waals surface area contributed by atoms with E-state index in [2.05, 4.69) is 23.2 Å². The van der Waals surface area contributed by atoms with Gasteiger partial charge in [0.1, 0.15) is 0 Å². The van der Waals surface area contributed by atoms with Crippen LogP contribution in [0.2, 0.25) is 5.02 Å². The average Bonchev–Trinajstić information content (AvgIpc) is 2.84. The van der Waals surface area contributed by atoms with Gasteiger partial charge in [-0.2, -0.15) is 0 Å². The lowest BCUT2D eigenvalue weighted by atomic mass is 10.0. The minimum Gasteiger partial charge on any atom is -0.396 e. The predicted molar refractivity (Wildman–Crippen MR) is 84.2 cm³/mol. The SMILES string of the molecule is OCCCc1c(-c2cccc(Cl)c2)[nH]c2ccccc12. The Balaban J connectivity index is 2.18. The van der Waals surface area contributed by atoms with E-state index in [1.54, 1.807) is 0 Å². The number of nitrogens with one attached hydrogen (secondary N) is 1. The number of aryl methyl sites for hydroxylation is 1. The van der Waals surface area contributed by atoms with Gasteiger partial charge in [0.15, 0.2) is 0 Å². The molecule has 0 unspecified atom stereocenters. The van der Waals surface area contributed by atoms with Gasteiger partial charge in [-0.1, -0.05) is 41.9 Å². The average molecular weight is 286 g/mol. The summed E-state index contributed by atoms with van der Waals surface area (Å²) in [6.45, 7) is 0.203. The van der Waals surface area contributed by atoms with E-state index in [1.807, 2.05) is 30.3 Å². The molecule has 1 aromatic heterocycles. The van der Waals surface area contributed by atoms with Crippen LogP contribution in [-0.4, -0.2) is 16.7 Å². The largest absolute Gasteiger partial charge is 0.396 e. The summed E-state index contributed by atoms with van der Waals surface area (Å²) in [6, 6.07) is 16.1. The van der Waals surface area contributed by atoms with Crippen molar-refractivity contribution in [2.75, 3.05) is 6.61 Å². The number of rotatable bonds is 4. The number of halogens is 1. The van der Waals surface area contributed by atoms with E-state index >= 15 is 0 Å². The van der Waals surface area contributed by atoms with E-state index in [0.717, 1.165) is 34.6 Å². The Morgan fingerprint density at radius 3 is 2.70 bits per heavy atom. The number of hydrogen-bond acceptors (Lipinski definition) is 1. The van der Waals surface area contributed by atoms with Crippen LogP contribution >= 0.6 is 11.6 Å². The molecule has 2 N–H and O–H groups in total. The molecule has 3 rings (SSSR count). The number of aromatic amines is 1. The lowest BCUT2D eigenvalue weighted by Crippen LogP contribution is -1.91. The Morgan fingerprint density at radius 1 is 1.05 bits per heavy atom. The number of fused-ring (bicyclic) bond motifs is 1. The second kappa shape index (κ2) is 5.70. The van der Waals surface area contributed by atoms with Crippen molar-refractivity contribution in [2.24, 2.45) is 0 Å². The molecule has 3 aromatic rings. The summed E-state index contributed by atoms with van der Waals surface area (Å²) >= 11 is 6.10. The van der Waals surface area contributed by atoms with Crippen LogP contribution in [0.5, 0.6) is 0 Å². The summed E-state index contributed by atoms with van der Waals surface area (Å²) in [4.78, 5) is 3.48. The van der Waals surface area contributed by atoms with Gasteiger partial charge in [0, 0.05) is 28.2 Å². The van der Waals surface area contributed by atoms with Crippen molar-refractivity contribution in [3.05, 3.63) is 59.1 Å². The fourth-order valence-corrected chi connectivity index (χ4v) is 2.80. The first kappa shape index (κ1) is 13.2. The van der Waals surface area contributed by atoms with E-state index in [0.29, 0.717) is 0 Å². The molecule has 102 valence electrons. The number of para-hydroxylation sites is 1. The van der Waals surface area contributed by atoms with E-state index in [-0.39, 0.29) is 6.61 Å². The number of aromatic nitrogens is 1. The normalized spacial score (nSPS) is 11.1. The molecular weight excluding hydrogens is 270 g/mol. The summed E-state index contributed by atoms with van der Waals surface area (Å²) in [7, 11) is 0. The highest BCUT2D eigenvalue weighted by Crippen LogP contribution is 2.32. The second-order valence-corrected chi connectivity index (χ2v) is 5.30. The fraction of sp³-hybridized carbons (Fsp3) is 0.176. The third-order valence-electron chi connectivity index (χ3n) is 3.51. The second-order valence-electron chi connectivity index (χ2n) is 4.86. The first-order valence-corrected chi connectivity index (χ1v) is 7.14. The molecule has 0 fully saturated rings. The lowest BCUT2D eigenvalue weighted by molar-refractivity contribution is 0.289. The Labute approximate surface area is 123 Å². The highest BCUT2D eigenvalue weighted by Gasteiger charge is 2.12. The topological polar surface area (TPSA) is 36.0 Å². The quantitative estimate of drug-likeness (QED) is 0.732. The van der Waals surface area contributed by atoms with E-state index in [4.69, 9.17) is 16.7 Å². The van der Waals surface area contributed by atoms with Gasteiger partial charge < -0.3 is 10.1 Å². The first-order valence-electron chi connectivity index (χ1n) is 6.76. The van der Waals surface area contributed by atoms with Crippen LogP contribution in [0.4, 0.5) is 0 Å². The zero-order valence-corrected chi connectivity index (χ0v) is 11.8. The maximum absolute atomic E-state index is 9.11. The predicted octanol–water partition coefficient (Wildman–Crippen LogP) is 4.41. The van der Waals surface area contributed by atoms with Gasteiger partial charge in [-0.25, -0.2) is 0 Å². The van der Waals surface area contributed by atoms with Gasteiger partial charge >= 0.3 is 0 Å². The fourth-order valence-electron chi connectivity index (χ4n) is 2.61. The minimum absolute atomic E-state index is 0.203. The summed E-state index contributed by atoms with van der Waals surface area (Å²) in [6.07, 6.45) is 1.61. The van der Waals surface area contributed by atoms with Crippen LogP contribution in [0.3, 0.4) is 0 Å². The summed E-state index contributed by atoms with van der Waals surface area (Å²) in [5.74, 6) is 0. The molecule has 0 aliphatic rings. The molecule has 1 heterocycles. The van der Waals surface area contributed by atoms with Crippen LogP contribution in [-0.2, 0) is 6.42 Å². The Hall–Kier alpha value is -1.77. The Bertz CT molecular complexity index is 733. The number of aliphatic hydroxyl groups is 1. The molecule has 3 heteroatoms. The third kappa shape index (κ3) is 2.45. The summed E-state index contributed by atoms with van der Waals surface area (Å²) in [5.41, 5.74) is 4.55. The molecule has 0 bridgehead atoms. The molecule has 2 nitrogen and oxygen atoms in total.